The van der Waals surface area contributed by atoms with Gasteiger partial charge in [0, 0.05) is 18.7 Å². The minimum atomic E-state index is -1.01. The van der Waals surface area contributed by atoms with Crippen molar-refractivity contribution in [2.24, 2.45) is 0 Å². The van der Waals surface area contributed by atoms with E-state index in [9.17, 15) is 14.4 Å². The molecule has 1 saturated heterocycles. The molecule has 1 aliphatic rings. The van der Waals surface area contributed by atoms with Crippen molar-refractivity contribution in [2.75, 3.05) is 11.9 Å². The number of hydrogen-bond donors (Lipinski definition) is 2. The second-order valence-electron chi connectivity index (χ2n) is 8.56. The summed E-state index contributed by atoms with van der Waals surface area (Å²) < 4.78 is 0.555. The van der Waals surface area contributed by atoms with E-state index in [0.717, 1.165) is 29.5 Å². The van der Waals surface area contributed by atoms with E-state index in [0.29, 0.717) is 34.3 Å². The predicted octanol–water partition coefficient (Wildman–Crippen LogP) is 6.45. The molecule has 2 amide bonds. The van der Waals surface area contributed by atoms with Gasteiger partial charge in [-0.25, -0.2) is 4.79 Å². The number of nitrogens with zero attached hydrogens (tertiary/aromatic N) is 1. The van der Waals surface area contributed by atoms with Gasteiger partial charge in [-0.05, 0) is 59.9 Å². The number of thiocarbonyl (C=S) groups is 1. The van der Waals surface area contributed by atoms with Crippen molar-refractivity contribution in [3.05, 3.63) is 94.9 Å². The number of anilines is 1. The van der Waals surface area contributed by atoms with Gasteiger partial charge >= 0.3 is 5.97 Å². The Balaban J connectivity index is 1.21. The lowest BCUT2D eigenvalue weighted by molar-refractivity contribution is -0.122. The number of unbranched alkanes of at least 4 members (excludes halogenated alkanes) is 2. The molecule has 0 spiro atoms. The van der Waals surface area contributed by atoms with Crippen molar-refractivity contribution >= 4 is 57.8 Å². The van der Waals surface area contributed by atoms with Crippen LogP contribution in [0.2, 0.25) is 0 Å². The molecule has 2 N–H and O–H groups in total. The van der Waals surface area contributed by atoms with E-state index in [1.807, 2.05) is 48.5 Å². The summed E-state index contributed by atoms with van der Waals surface area (Å²) >= 11 is 6.76. The summed E-state index contributed by atoms with van der Waals surface area (Å²) in [6.07, 6.45) is 4.42. The molecule has 3 aromatic rings. The smallest absolute Gasteiger partial charge is 0.335 e. The van der Waals surface area contributed by atoms with E-state index >= 15 is 0 Å². The summed E-state index contributed by atoms with van der Waals surface area (Å²) in [5.41, 5.74) is 3.95. The van der Waals surface area contributed by atoms with Crippen LogP contribution in [0.3, 0.4) is 0 Å². The lowest BCUT2D eigenvalue weighted by Crippen LogP contribution is -2.29. The van der Waals surface area contributed by atoms with Crippen molar-refractivity contribution in [1.82, 2.24) is 4.90 Å². The SMILES string of the molecule is O=C(CCCCCN1C(=O)/C(=C/c2ccc(-c3ccccc3)cc2)SC1=S)Nc1ccc(C(=O)O)cc1. The van der Waals surface area contributed by atoms with Gasteiger partial charge in [0.25, 0.3) is 5.91 Å². The lowest BCUT2D eigenvalue weighted by Gasteiger charge is -2.14. The third-order valence-corrected chi connectivity index (χ3v) is 7.27. The fourth-order valence-corrected chi connectivity index (χ4v) is 5.21. The van der Waals surface area contributed by atoms with Gasteiger partial charge in [-0.3, -0.25) is 14.5 Å². The van der Waals surface area contributed by atoms with Crippen LogP contribution in [-0.4, -0.2) is 38.7 Å². The van der Waals surface area contributed by atoms with Gasteiger partial charge in [0.05, 0.1) is 10.5 Å². The number of thioether (sulfide) groups is 1. The third kappa shape index (κ3) is 7.15. The first-order valence-corrected chi connectivity index (χ1v) is 13.2. The number of nitrogens with one attached hydrogen (secondary N) is 1. The second kappa shape index (κ2) is 12.5. The van der Waals surface area contributed by atoms with Crippen LogP contribution in [0.15, 0.2) is 83.8 Å². The number of amides is 2. The Kier molecular flexibility index (Phi) is 8.87. The molecule has 0 bridgehead atoms. The Morgan fingerprint density at radius 2 is 1.57 bits per heavy atom. The predicted molar refractivity (Wildman–Crippen MR) is 152 cm³/mol. The van der Waals surface area contributed by atoms with E-state index in [1.165, 1.54) is 23.9 Å². The molecular weight excluding hydrogens is 504 g/mol. The Labute approximate surface area is 225 Å². The molecule has 188 valence electrons. The maximum absolute atomic E-state index is 12.9. The summed E-state index contributed by atoms with van der Waals surface area (Å²) in [6, 6.07) is 24.3. The van der Waals surface area contributed by atoms with Crippen molar-refractivity contribution in [3.63, 3.8) is 0 Å². The highest BCUT2D eigenvalue weighted by Crippen LogP contribution is 2.33. The standard InChI is InChI=1S/C29H26N2O4S2/c32-26(30-24-16-14-23(15-17-24)28(34)35)9-5-2-6-18-31-27(33)25(37-29(31)36)19-20-10-12-22(13-11-20)21-7-3-1-4-8-21/h1,3-4,7-8,10-17,19H,2,5-6,9,18H2,(H,30,32)(H,34,35)/b25-19-. The quantitative estimate of drug-likeness (QED) is 0.178. The molecule has 0 atom stereocenters. The van der Waals surface area contributed by atoms with Gasteiger partial charge in [-0.15, -0.1) is 0 Å². The van der Waals surface area contributed by atoms with Crippen LogP contribution in [0, 0.1) is 0 Å². The van der Waals surface area contributed by atoms with E-state index < -0.39 is 5.97 Å². The molecule has 0 radical (unpaired) electrons. The number of carboxylic acids is 1. The van der Waals surface area contributed by atoms with Gasteiger partial charge in [0.15, 0.2) is 0 Å². The minimum absolute atomic E-state index is 0.0790. The fraction of sp³-hybridized carbons (Fsp3) is 0.172. The zero-order valence-electron chi connectivity index (χ0n) is 20.1. The zero-order chi connectivity index (χ0) is 26.2. The highest BCUT2D eigenvalue weighted by molar-refractivity contribution is 8.26. The minimum Gasteiger partial charge on any atom is -0.478 e. The van der Waals surface area contributed by atoms with Crippen LogP contribution in [0.25, 0.3) is 17.2 Å². The molecule has 0 saturated carbocycles. The van der Waals surface area contributed by atoms with Crippen LogP contribution in [0.5, 0.6) is 0 Å². The van der Waals surface area contributed by atoms with E-state index in [2.05, 4.69) is 17.4 Å². The topological polar surface area (TPSA) is 86.7 Å². The van der Waals surface area contributed by atoms with Gasteiger partial charge in [0.2, 0.25) is 5.91 Å². The normalized spacial score (nSPS) is 14.3. The molecule has 3 aromatic carbocycles. The summed E-state index contributed by atoms with van der Waals surface area (Å²) in [5, 5.41) is 11.7. The fourth-order valence-electron chi connectivity index (χ4n) is 3.90. The Bertz CT molecular complexity index is 1320. The van der Waals surface area contributed by atoms with Crippen LogP contribution < -0.4 is 5.32 Å². The Morgan fingerprint density at radius 3 is 2.24 bits per heavy atom. The van der Waals surface area contributed by atoms with E-state index in [1.54, 1.807) is 17.0 Å². The molecule has 0 aromatic heterocycles. The largest absolute Gasteiger partial charge is 0.478 e. The van der Waals surface area contributed by atoms with Crippen LogP contribution in [-0.2, 0) is 9.59 Å². The Hall–Kier alpha value is -3.75. The number of carboxylic acid groups (broad SMARTS) is 1. The molecule has 6 nitrogen and oxygen atoms in total. The summed E-state index contributed by atoms with van der Waals surface area (Å²) in [6.45, 7) is 0.521. The van der Waals surface area contributed by atoms with Gasteiger partial charge in [-0.2, -0.15) is 0 Å². The van der Waals surface area contributed by atoms with Gasteiger partial charge < -0.3 is 10.4 Å². The van der Waals surface area contributed by atoms with E-state index in [-0.39, 0.29) is 17.4 Å². The summed E-state index contributed by atoms with van der Waals surface area (Å²) in [4.78, 5) is 38.2. The highest BCUT2D eigenvalue weighted by atomic mass is 32.2. The first-order chi connectivity index (χ1) is 17.9. The monoisotopic (exact) mass is 530 g/mol. The highest BCUT2D eigenvalue weighted by Gasteiger charge is 2.31. The van der Waals surface area contributed by atoms with Crippen molar-refractivity contribution in [1.29, 1.82) is 0 Å². The number of aromatic carboxylic acids is 1. The number of hydrogen-bond acceptors (Lipinski definition) is 5. The number of benzene rings is 3. The molecule has 0 unspecified atom stereocenters. The first kappa shape index (κ1) is 26.3. The molecule has 37 heavy (non-hydrogen) atoms. The number of rotatable bonds is 10. The number of carbonyl (C=O) groups is 3. The molecule has 0 aliphatic carbocycles. The van der Waals surface area contributed by atoms with Gasteiger partial charge in [0.1, 0.15) is 4.32 Å². The molecule has 1 aliphatic heterocycles. The maximum Gasteiger partial charge on any atom is 0.335 e. The van der Waals surface area contributed by atoms with Crippen molar-refractivity contribution < 1.29 is 19.5 Å². The molecule has 1 heterocycles. The lowest BCUT2D eigenvalue weighted by atomic mass is 10.0. The van der Waals surface area contributed by atoms with Crippen molar-refractivity contribution in [2.45, 2.75) is 25.7 Å². The molecule has 4 rings (SSSR count). The zero-order valence-corrected chi connectivity index (χ0v) is 21.7. The molecule has 1 fully saturated rings. The first-order valence-electron chi connectivity index (χ1n) is 11.9. The third-order valence-electron chi connectivity index (χ3n) is 5.89. The van der Waals surface area contributed by atoms with Crippen LogP contribution >= 0.6 is 24.0 Å². The molecule has 8 heteroatoms. The summed E-state index contributed by atoms with van der Waals surface area (Å²) in [5.74, 6) is -1.22. The van der Waals surface area contributed by atoms with E-state index in [4.69, 9.17) is 17.3 Å². The van der Waals surface area contributed by atoms with Crippen LogP contribution in [0.1, 0.15) is 41.6 Å². The summed E-state index contributed by atoms with van der Waals surface area (Å²) in [7, 11) is 0. The van der Waals surface area contributed by atoms with Crippen molar-refractivity contribution in [3.8, 4) is 11.1 Å². The molecular formula is C29H26N2O4S2. The average Bonchev–Trinajstić information content (AvgIpc) is 3.17. The maximum atomic E-state index is 12.9. The van der Waals surface area contributed by atoms with Gasteiger partial charge in [-0.1, -0.05) is 85.0 Å². The van der Waals surface area contributed by atoms with Crippen LogP contribution in [0.4, 0.5) is 5.69 Å². The second-order valence-corrected chi connectivity index (χ2v) is 10.2. The average molecular weight is 531 g/mol. The Morgan fingerprint density at radius 1 is 0.892 bits per heavy atom. The number of carbonyl (C=O) groups excluding carboxylic acids is 2.